The van der Waals surface area contributed by atoms with Gasteiger partial charge in [-0.2, -0.15) is 4.98 Å². The Bertz CT molecular complexity index is 1390. The van der Waals surface area contributed by atoms with Crippen molar-refractivity contribution in [1.82, 2.24) is 19.9 Å². The third-order valence-electron chi connectivity index (χ3n) is 6.47. The predicted octanol–water partition coefficient (Wildman–Crippen LogP) is 3.83. The van der Waals surface area contributed by atoms with Gasteiger partial charge in [0.1, 0.15) is 6.26 Å². The Kier molecular flexibility index (Phi) is 6.58. The van der Waals surface area contributed by atoms with E-state index >= 15 is 0 Å². The summed E-state index contributed by atoms with van der Waals surface area (Å²) in [7, 11) is 1.55. The van der Waals surface area contributed by atoms with E-state index in [-0.39, 0.29) is 11.6 Å². The molecule has 4 aromatic rings. The second-order valence-corrected chi connectivity index (χ2v) is 9.92. The summed E-state index contributed by atoms with van der Waals surface area (Å²) in [5.74, 6) is 1.17. The predicted molar refractivity (Wildman–Crippen MR) is 141 cm³/mol. The minimum atomic E-state index is -0.367. The number of pyridine rings is 2. The first-order chi connectivity index (χ1) is 18.2. The molecule has 11 nitrogen and oxygen atoms in total. The zero-order chi connectivity index (χ0) is 25.2. The van der Waals surface area contributed by atoms with Gasteiger partial charge in [0.15, 0.2) is 22.3 Å². The highest BCUT2D eigenvalue weighted by molar-refractivity contribution is 7.22. The molecule has 0 aliphatic carbocycles. The number of fused-ring (bicyclic) bond motifs is 1. The molecular formula is C25H27N7O4S. The highest BCUT2D eigenvalue weighted by Gasteiger charge is 2.23. The van der Waals surface area contributed by atoms with E-state index in [4.69, 9.17) is 23.9 Å². The molecule has 12 heteroatoms. The fourth-order valence-corrected chi connectivity index (χ4v) is 5.50. The average Bonchev–Trinajstić information content (AvgIpc) is 3.61. The van der Waals surface area contributed by atoms with Crippen molar-refractivity contribution in [3.05, 3.63) is 36.4 Å². The maximum absolute atomic E-state index is 13.2. The van der Waals surface area contributed by atoms with Crippen molar-refractivity contribution >= 4 is 44.2 Å². The fraction of sp³-hybridized carbons (Fsp3) is 0.400. The first-order valence-corrected chi connectivity index (χ1v) is 13.2. The number of carbonyl (C=O) groups is 1. The molecule has 1 amide bonds. The number of carbonyl (C=O) groups excluding carboxylic acids is 1. The Labute approximate surface area is 217 Å². The summed E-state index contributed by atoms with van der Waals surface area (Å²) in [4.78, 5) is 36.0. The number of ether oxygens (including phenoxy) is 2. The number of aromatic nitrogens is 4. The molecule has 0 unspecified atom stereocenters. The smallest absolute Gasteiger partial charge is 0.277 e. The first kappa shape index (κ1) is 23.6. The lowest BCUT2D eigenvalue weighted by molar-refractivity contribution is 0.102. The molecule has 192 valence electrons. The van der Waals surface area contributed by atoms with Crippen LogP contribution in [0.4, 0.5) is 16.6 Å². The van der Waals surface area contributed by atoms with Crippen LogP contribution in [0.2, 0.25) is 0 Å². The number of amides is 1. The van der Waals surface area contributed by atoms with Gasteiger partial charge >= 0.3 is 0 Å². The number of anilines is 3. The van der Waals surface area contributed by atoms with E-state index in [1.54, 1.807) is 36.8 Å². The second kappa shape index (κ2) is 10.3. The van der Waals surface area contributed by atoms with Crippen LogP contribution in [0.25, 0.3) is 21.8 Å². The minimum absolute atomic E-state index is 0.175. The normalized spacial score (nSPS) is 16.2. The van der Waals surface area contributed by atoms with Crippen LogP contribution >= 0.6 is 11.3 Å². The number of nitrogens with one attached hydrogen (secondary N) is 1. The summed E-state index contributed by atoms with van der Waals surface area (Å²) in [5, 5.41) is 3.96. The molecule has 2 saturated heterocycles. The quantitative estimate of drug-likeness (QED) is 0.401. The Balaban J connectivity index is 1.29. The SMILES string of the molecule is COc1ccc(-c2nc(C(=O)Nc3cc4sc(N5CCOCC5)nc4nc3N3CCCCC3)co2)cn1. The highest BCUT2D eigenvalue weighted by Crippen LogP contribution is 2.35. The standard InChI is InChI=1S/C25H27N7O4S/c1-34-20-6-5-16(14-26-20)24-28-18(15-36-24)23(33)27-17-13-19-21(29-22(17)31-7-3-2-4-8-31)30-25(37-19)32-9-11-35-12-10-32/h5-6,13-15H,2-4,7-12H2,1H3,(H,27,33). The number of hydrogen-bond acceptors (Lipinski definition) is 11. The van der Waals surface area contributed by atoms with Gasteiger partial charge < -0.3 is 29.0 Å². The Hall–Kier alpha value is -3.77. The van der Waals surface area contributed by atoms with Gasteiger partial charge in [-0.1, -0.05) is 11.3 Å². The summed E-state index contributed by atoms with van der Waals surface area (Å²) in [5.41, 5.74) is 2.17. The molecule has 6 rings (SSSR count). The third kappa shape index (κ3) is 4.94. The number of hydrogen-bond donors (Lipinski definition) is 1. The van der Waals surface area contributed by atoms with Crippen LogP contribution in [0.3, 0.4) is 0 Å². The molecular weight excluding hydrogens is 494 g/mol. The van der Waals surface area contributed by atoms with Crippen LogP contribution in [0, 0.1) is 0 Å². The lowest BCUT2D eigenvalue weighted by Gasteiger charge is -2.29. The molecule has 2 aliphatic heterocycles. The maximum Gasteiger partial charge on any atom is 0.277 e. The van der Waals surface area contributed by atoms with Crippen LogP contribution in [-0.2, 0) is 4.74 Å². The number of nitrogens with zero attached hydrogens (tertiary/aromatic N) is 6. The van der Waals surface area contributed by atoms with E-state index in [0.717, 1.165) is 54.7 Å². The average molecular weight is 522 g/mol. The van der Waals surface area contributed by atoms with Gasteiger partial charge in [-0.3, -0.25) is 4.79 Å². The molecule has 0 radical (unpaired) electrons. The van der Waals surface area contributed by atoms with Crippen molar-refractivity contribution in [3.8, 4) is 17.3 Å². The molecule has 0 atom stereocenters. The van der Waals surface area contributed by atoms with Crippen LogP contribution in [0.15, 0.2) is 35.1 Å². The zero-order valence-corrected chi connectivity index (χ0v) is 21.3. The molecule has 0 bridgehead atoms. The molecule has 6 heterocycles. The zero-order valence-electron chi connectivity index (χ0n) is 20.5. The van der Waals surface area contributed by atoms with E-state index in [2.05, 4.69) is 25.1 Å². The highest BCUT2D eigenvalue weighted by atomic mass is 32.1. The first-order valence-electron chi connectivity index (χ1n) is 12.3. The molecule has 0 saturated carbocycles. The van der Waals surface area contributed by atoms with Crippen LogP contribution in [0.1, 0.15) is 29.8 Å². The summed E-state index contributed by atoms with van der Waals surface area (Å²) < 4.78 is 17.1. The summed E-state index contributed by atoms with van der Waals surface area (Å²) in [6, 6.07) is 5.47. The van der Waals surface area contributed by atoms with E-state index in [0.29, 0.717) is 41.9 Å². The molecule has 4 aromatic heterocycles. The van der Waals surface area contributed by atoms with Crippen molar-refractivity contribution in [2.75, 3.05) is 61.6 Å². The van der Waals surface area contributed by atoms with Crippen molar-refractivity contribution < 1.29 is 18.7 Å². The monoisotopic (exact) mass is 521 g/mol. The van der Waals surface area contributed by atoms with Crippen molar-refractivity contribution in [3.63, 3.8) is 0 Å². The lowest BCUT2D eigenvalue weighted by atomic mass is 10.1. The summed E-state index contributed by atoms with van der Waals surface area (Å²) >= 11 is 1.58. The Morgan fingerprint density at radius 1 is 1.05 bits per heavy atom. The number of piperidine rings is 1. The summed E-state index contributed by atoms with van der Waals surface area (Å²) in [6.45, 7) is 4.77. The van der Waals surface area contributed by atoms with Gasteiger partial charge in [0, 0.05) is 38.4 Å². The van der Waals surface area contributed by atoms with Gasteiger partial charge in [0.05, 0.1) is 36.3 Å². The van der Waals surface area contributed by atoms with Crippen LogP contribution in [-0.4, -0.2) is 72.3 Å². The van der Waals surface area contributed by atoms with Gasteiger partial charge in [-0.15, -0.1) is 0 Å². The van der Waals surface area contributed by atoms with Crippen molar-refractivity contribution in [2.24, 2.45) is 0 Å². The van der Waals surface area contributed by atoms with Crippen molar-refractivity contribution in [1.29, 1.82) is 0 Å². The number of methoxy groups -OCH3 is 1. The van der Waals surface area contributed by atoms with Gasteiger partial charge in [-0.05, 0) is 31.4 Å². The number of rotatable bonds is 6. The number of thiazole rings is 1. The van der Waals surface area contributed by atoms with Gasteiger partial charge in [-0.25, -0.2) is 15.0 Å². The van der Waals surface area contributed by atoms with Crippen molar-refractivity contribution in [2.45, 2.75) is 19.3 Å². The number of oxazole rings is 1. The van der Waals surface area contributed by atoms with E-state index in [9.17, 15) is 4.79 Å². The minimum Gasteiger partial charge on any atom is -0.481 e. The van der Waals surface area contributed by atoms with E-state index in [1.807, 2.05) is 6.07 Å². The van der Waals surface area contributed by atoms with Gasteiger partial charge in [0.2, 0.25) is 11.8 Å². The largest absolute Gasteiger partial charge is 0.481 e. The van der Waals surface area contributed by atoms with Gasteiger partial charge in [0.25, 0.3) is 5.91 Å². The fourth-order valence-electron chi connectivity index (χ4n) is 4.50. The molecule has 2 fully saturated rings. The molecule has 0 aromatic carbocycles. The van der Waals surface area contributed by atoms with E-state index < -0.39 is 0 Å². The van der Waals surface area contributed by atoms with Crippen LogP contribution < -0.4 is 19.9 Å². The van der Waals surface area contributed by atoms with E-state index in [1.165, 1.54) is 12.7 Å². The Morgan fingerprint density at radius 2 is 1.89 bits per heavy atom. The number of morpholine rings is 1. The second-order valence-electron chi connectivity index (χ2n) is 8.91. The molecule has 0 spiro atoms. The molecule has 37 heavy (non-hydrogen) atoms. The molecule has 1 N–H and O–H groups in total. The lowest BCUT2D eigenvalue weighted by Crippen LogP contribution is -2.36. The third-order valence-corrected chi connectivity index (χ3v) is 7.52. The maximum atomic E-state index is 13.2. The summed E-state index contributed by atoms with van der Waals surface area (Å²) in [6.07, 6.45) is 6.32. The topological polar surface area (TPSA) is 119 Å². The molecule has 2 aliphatic rings. The van der Waals surface area contributed by atoms with Crippen LogP contribution in [0.5, 0.6) is 5.88 Å². The Morgan fingerprint density at radius 3 is 2.65 bits per heavy atom.